The maximum Gasteiger partial charge on any atom is 0.411 e. The Kier molecular flexibility index (Phi) is 3.56. The molecule has 1 spiro atoms. The van der Waals surface area contributed by atoms with Crippen LogP contribution in [0.5, 0.6) is 0 Å². The second kappa shape index (κ2) is 4.72. The summed E-state index contributed by atoms with van der Waals surface area (Å²) in [5, 5.41) is 9.62. The van der Waals surface area contributed by atoms with Crippen LogP contribution in [-0.2, 0) is 9.53 Å². The summed E-state index contributed by atoms with van der Waals surface area (Å²) in [6.45, 7) is 9.71. The Labute approximate surface area is 126 Å². The van der Waals surface area contributed by atoms with Crippen molar-refractivity contribution in [2.75, 3.05) is 6.54 Å². The van der Waals surface area contributed by atoms with Crippen LogP contribution < -0.4 is 0 Å². The SMILES string of the molecule is CC(C)(C)OC(=O)N1CCC2(CCC(=O)C2(C)C)C1C#N. The first-order chi connectivity index (χ1) is 9.55. The molecule has 1 saturated carbocycles. The number of carbonyl (C=O) groups is 2. The lowest BCUT2D eigenvalue weighted by molar-refractivity contribution is -0.128. The summed E-state index contributed by atoms with van der Waals surface area (Å²) in [6.07, 6.45) is 1.40. The van der Waals surface area contributed by atoms with Crippen LogP contribution in [0.2, 0.25) is 0 Å². The van der Waals surface area contributed by atoms with Crippen LogP contribution in [0, 0.1) is 22.2 Å². The summed E-state index contributed by atoms with van der Waals surface area (Å²) in [6, 6.07) is 1.67. The first-order valence-electron chi connectivity index (χ1n) is 7.48. The third kappa shape index (κ3) is 2.31. The summed E-state index contributed by atoms with van der Waals surface area (Å²) in [5.41, 5.74) is -1.59. The van der Waals surface area contributed by atoms with E-state index in [-0.39, 0.29) is 5.78 Å². The van der Waals surface area contributed by atoms with Gasteiger partial charge in [-0.15, -0.1) is 0 Å². The number of carbonyl (C=O) groups excluding carboxylic acids is 2. The predicted octanol–water partition coefficient (Wildman–Crippen LogP) is 2.89. The van der Waals surface area contributed by atoms with Crippen LogP contribution in [0.3, 0.4) is 0 Å². The van der Waals surface area contributed by atoms with Crippen molar-refractivity contribution < 1.29 is 14.3 Å². The fourth-order valence-electron chi connectivity index (χ4n) is 3.75. The van der Waals surface area contributed by atoms with E-state index in [1.807, 2.05) is 13.8 Å². The quantitative estimate of drug-likeness (QED) is 0.688. The number of ketones is 1. The molecule has 1 amide bonds. The van der Waals surface area contributed by atoms with Crippen molar-refractivity contribution in [3.63, 3.8) is 0 Å². The number of Topliss-reactive ketones (excluding diaryl/α,β-unsaturated/α-hetero) is 1. The van der Waals surface area contributed by atoms with Crippen molar-refractivity contribution in [2.24, 2.45) is 10.8 Å². The molecule has 2 rings (SSSR count). The van der Waals surface area contributed by atoms with Gasteiger partial charge in [-0.2, -0.15) is 5.26 Å². The standard InChI is InChI=1S/C16H24N2O3/c1-14(2,3)21-13(20)18-9-8-16(11(18)10-17)7-6-12(19)15(16,4)5/h11H,6-9H2,1-5H3. The minimum atomic E-state index is -0.589. The molecule has 21 heavy (non-hydrogen) atoms. The van der Waals surface area contributed by atoms with Gasteiger partial charge < -0.3 is 4.74 Å². The first kappa shape index (κ1) is 15.8. The molecule has 0 N–H and O–H groups in total. The Morgan fingerprint density at radius 3 is 2.43 bits per heavy atom. The van der Waals surface area contributed by atoms with Gasteiger partial charge in [-0.05, 0) is 33.6 Å². The van der Waals surface area contributed by atoms with E-state index in [9.17, 15) is 14.9 Å². The zero-order valence-electron chi connectivity index (χ0n) is 13.5. The lowest BCUT2D eigenvalue weighted by Gasteiger charge is -2.40. The van der Waals surface area contributed by atoms with Crippen molar-refractivity contribution in [1.82, 2.24) is 4.90 Å². The van der Waals surface area contributed by atoms with Crippen LogP contribution in [0.15, 0.2) is 0 Å². The molecular formula is C16H24N2O3. The largest absolute Gasteiger partial charge is 0.444 e. The molecule has 0 radical (unpaired) electrons. The van der Waals surface area contributed by atoms with Crippen molar-refractivity contribution in [1.29, 1.82) is 5.26 Å². The molecule has 0 aromatic rings. The van der Waals surface area contributed by atoms with Crippen LogP contribution in [-0.4, -0.2) is 35.0 Å². The van der Waals surface area contributed by atoms with Crippen LogP contribution in [0.25, 0.3) is 0 Å². The summed E-state index contributed by atoms with van der Waals surface area (Å²) in [4.78, 5) is 26.0. The summed E-state index contributed by atoms with van der Waals surface area (Å²) >= 11 is 0. The number of amides is 1. The highest BCUT2D eigenvalue weighted by molar-refractivity contribution is 5.88. The molecule has 5 nitrogen and oxygen atoms in total. The van der Waals surface area contributed by atoms with Crippen LogP contribution in [0.1, 0.15) is 53.9 Å². The molecule has 0 aromatic carbocycles. The van der Waals surface area contributed by atoms with Crippen molar-refractivity contribution in [3.05, 3.63) is 0 Å². The predicted molar refractivity (Wildman–Crippen MR) is 77.4 cm³/mol. The number of rotatable bonds is 0. The van der Waals surface area contributed by atoms with Gasteiger partial charge in [0, 0.05) is 23.8 Å². The maximum absolute atomic E-state index is 12.3. The summed E-state index contributed by atoms with van der Waals surface area (Å²) < 4.78 is 5.40. The van der Waals surface area contributed by atoms with Gasteiger partial charge in [0.1, 0.15) is 17.4 Å². The van der Waals surface area contributed by atoms with Gasteiger partial charge in [0.2, 0.25) is 0 Å². The van der Waals surface area contributed by atoms with E-state index < -0.39 is 28.6 Å². The van der Waals surface area contributed by atoms with Crippen molar-refractivity contribution in [2.45, 2.75) is 65.5 Å². The molecule has 2 fully saturated rings. The summed E-state index contributed by atoms with van der Waals surface area (Å²) in [7, 11) is 0. The Morgan fingerprint density at radius 2 is 2.00 bits per heavy atom. The molecule has 5 heteroatoms. The van der Waals surface area contributed by atoms with Gasteiger partial charge in [0.05, 0.1) is 6.07 Å². The van der Waals surface area contributed by atoms with Crippen molar-refractivity contribution in [3.8, 4) is 6.07 Å². The highest BCUT2D eigenvalue weighted by atomic mass is 16.6. The zero-order chi connectivity index (χ0) is 16.1. The molecule has 0 bridgehead atoms. The second-order valence-corrected chi connectivity index (χ2v) is 7.66. The van der Waals surface area contributed by atoms with E-state index in [0.29, 0.717) is 25.8 Å². The average Bonchev–Trinajstić information content (AvgIpc) is 2.82. The molecule has 2 aliphatic rings. The number of hydrogen-bond acceptors (Lipinski definition) is 4. The van der Waals surface area contributed by atoms with E-state index >= 15 is 0 Å². The normalized spacial score (nSPS) is 31.5. The number of nitriles is 1. The lowest BCUT2D eigenvalue weighted by Crippen LogP contribution is -2.49. The topological polar surface area (TPSA) is 70.4 Å². The molecule has 0 aromatic heterocycles. The van der Waals surface area contributed by atoms with Gasteiger partial charge in [-0.25, -0.2) is 4.79 Å². The Morgan fingerprint density at radius 1 is 1.38 bits per heavy atom. The molecule has 116 valence electrons. The van der Waals surface area contributed by atoms with Gasteiger partial charge in [0.25, 0.3) is 0 Å². The number of nitrogens with zero attached hydrogens (tertiary/aromatic N) is 2. The minimum Gasteiger partial charge on any atom is -0.444 e. The Bertz CT molecular complexity index is 513. The van der Waals surface area contributed by atoms with Gasteiger partial charge in [0.15, 0.2) is 0 Å². The minimum absolute atomic E-state index is 0.189. The van der Waals surface area contributed by atoms with Gasteiger partial charge in [-0.3, -0.25) is 9.69 Å². The summed E-state index contributed by atoms with van der Waals surface area (Å²) in [5.74, 6) is 0.189. The van der Waals surface area contributed by atoms with Crippen LogP contribution in [0.4, 0.5) is 4.79 Å². The average molecular weight is 292 g/mol. The number of ether oxygens (including phenoxy) is 1. The van der Waals surface area contributed by atoms with Crippen molar-refractivity contribution >= 4 is 11.9 Å². The zero-order valence-corrected chi connectivity index (χ0v) is 13.5. The van der Waals surface area contributed by atoms with Crippen LogP contribution >= 0.6 is 0 Å². The highest BCUT2D eigenvalue weighted by Crippen LogP contribution is 2.58. The molecule has 2 atom stereocenters. The third-order valence-electron chi connectivity index (χ3n) is 5.12. The van der Waals surface area contributed by atoms with E-state index in [4.69, 9.17) is 4.74 Å². The highest BCUT2D eigenvalue weighted by Gasteiger charge is 2.63. The fraction of sp³-hybridized carbons (Fsp3) is 0.812. The molecule has 1 aliphatic carbocycles. The second-order valence-electron chi connectivity index (χ2n) is 7.66. The molecule has 2 unspecified atom stereocenters. The molecule has 1 saturated heterocycles. The number of hydrogen-bond donors (Lipinski definition) is 0. The van der Waals surface area contributed by atoms with Gasteiger partial charge >= 0.3 is 6.09 Å². The van der Waals surface area contributed by atoms with Gasteiger partial charge in [-0.1, -0.05) is 13.8 Å². The fourth-order valence-corrected chi connectivity index (χ4v) is 3.75. The Balaban J connectivity index is 2.29. The smallest absolute Gasteiger partial charge is 0.411 e. The molecule has 1 heterocycles. The lowest BCUT2D eigenvalue weighted by atomic mass is 9.63. The monoisotopic (exact) mass is 292 g/mol. The van der Waals surface area contributed by atoms with E-state index in [2.05, 4.69) is 6.07 Å². The first-order valence-corrected chi connectivity index (χ1v) is 7.48. The maximum atomic E-state index is 12.3. The van der Waals surface area contributed by atoms with E-state index in [1.165, 1.54) is 4.90 Å². The van der Waals surface area contributed by atoms with E-state index in [0.717, 1.165) is 0 Å². The molecule has 1 aliphatic heterocycles. The third-order valence-corrected chi connectivity index (χ3v) is 5.12. The molecular weight excluding hydrogens is 268 g/mol. The Hall–Kier alpha value is -1.57. The van der Waals surface area contributed by atoms with E-state index in [1.54, 1.807) is 20.8 Å². The number of likely N-dealkylation sites (tertiary alicyclic amines) is 1.